The first-order valence-corrected chi connectivity index (χ1v) is 10.4. The molecule has 0 unspecified atom stereocenters. The molecule has 5 nitrogen and oxygen atoms in total. The van der Waals surface area contributed by atoms with E-state index in [0.717, 1.165) is 25.7 Å². The Hall–Kier alpha value is -1.04. The van der Waals surface area contributed by atoms with Crippen molar-refractivity contribution in [3.63, 3.8) is 0 Å². The number of aliphatic hydroxyl groups excluding tert-OH is 2. The number of allylic oxidation sites excluding steroid dienone is 1. The minimum Gasteiger partial charge on any atom is -0.393 e. The van der Waals surface area contributed by atoms with Gasteiger partial charge in [-0.05, 0) is 67.3 Å². The predicted octanol–water partition coefficient (Wildman–Crippen LogP) is 2.03. The van der Waals surface area contributed by atoms with Crippen molar-refractivity contribution in [2.75, 3.05) is 6.61 Å². The molecule has 4 rings (SSSR count). The molecular weight excluding hydrogens is 344 g/mol. The largest absolute Gasteiger partial charge is 0.393 e. The SMILES string of the molecule is C[C@H]1C[C@@H]2[C@H]3CCC4=CC(=O)CC[C@@]4(C)[C@H]3[C@@H](O)C[C@@]2(C)[C@]1(O)C(=O)CO. The minimum atomic E-state index is -1.59. The molecule has 0 aromatic carbocycles. The minimum absolute atomic E-state index is 0.0578. The molecule has 0 heterocycles. The van der Waals surface area contributed by atoms with Crippen LogP contribution in [0.1, 0.15) is 59.3 Å². The third-order valence-corrected chi connectivity index (χ3v) is 9.05. The maximum Gasteiger partial charge on any atom is 0.190 e. The molecule has 0 amide bonds. The first-order valence-electron chi connectivity index (χ1n) is 10.4. The summed E-state index contributed by atoms with van der Waals surface area (Å²) < 4.78 is 0. The summed E-state index contributed by atoms with van der Waals surface area (Å²) in [5.41, 5.74) is -1.31. The number of hydrogen-bond acceptors (Lipinski definition) is 5. The van der Waals surface area contributed by atoms with Crippen molar-refractivity contribution in [3.8, 4) is 0 Å². The first-order chi connectivity index (χ1) is 12.6. The van der Waals surface area contributed by atoms with Gasteiger partial charge in [0.2, 0.25) is 0 Å². The van der Waals surface area contributed by atoms with Crippen molar-refractivity contribution in [1.82, 2.24) is 0 Å². The van der Waals surface area contributed by atoms with E-state index in [1.54, 1.807) is 0 Å². The topological polar surface area (TPSA) is 94.8 Å². The standard InChI is InChI=1S/C22H32O5/c1-12-8-16-15-5-4-13-9-14(24)6-7-20(13,2)19(15)17(25)10-21(16,3)22(12,27)18(26)11-23/h9,12,15-17,19,23,25,27H,4-8,10-11H2,1-3H3/t12-,15+,16+,17-,19+,20+,21+,22+/m0/s1. The van der Waals surface area contributed by atoms with Gasteiger partial charge in [-0.1, -0.05) is 26.3 Å². The van der Waals surface area contributed by atoms with Crippen LogP contribution in [-0.4, -0.2) is 45.2 Å². The molecule has 27 heavy (non-hydrogen) atoms. The number of rotatable bonds is 2. The number of carbonyl (C=O) groups is 2. The van der Waals surface area contributed by atoms with Crippen molar-refractivity contribution < 1.29 is 24.9 Å². The fourth-order valence-electron chi connectivity index (χ4n) is 7.74. The Labute approximate surface area is 160 Å². The van der Waals surface area contributed by atoms with E-state index < -0.39 is 29.5 Å². The second-order valence-corrected chi connectivity index (χ2v) is 10.1. The molecule has 8 atom stereocenters. The average molecular weight is 376 g/mol. The smallest absolute Gasteiger partial charge is 0.190 e. The van der Waals surface area contributed by atoms with Crippen molar-refractivity contribution in [2.24, 2.45) is 34.5 Å². The zero-order chi connectivity index (χ0) is 19.8. The monoisotopic (exact) mass is 376 g/mol. The molecule has 0 saturated heterocycles. The summed E-state index contributed by atoms with van der Waals surface area (Å²) in [6, 6.07) is 0. The fraction of sp³-hybridized carbons (Fsp3) is 0.818. The number of aliphatic hydroxyl groups is 3. The molecular formula is C22H32O5. The van der Waals surface area contributed by atoms with Crippen LogP contribution in [0.3, 0.4) is 0 Å². The zero-order valence-electron chi connectivity index (χ0n) is 16.6. The van der Waals surface area contributed by atoms with E-state index in [9.17, 15) is 24.9 Å². The van der Waals surface area contributed by atoms with Gasteiger partial charge in [0.1, 0.15) is 12.2 Å². The normalized spacial score (nSPS) is 51.9. The highest BCUT2D eigenvalue weighted by molar-refractivity contribution is 5.92. The zero-order valence-corrected chi connectivity index (χ0v) is 16.6. The summed E-state index contributed by atoms with van der Waals surface area (Å²) in [7, 11) is 0. The molecule has 3 fully saturated rings. The van der Waals surface area contributed by atoms with Gasteiger partial charge in [0.25, 0.3) is 0 Å². The van der Waals surface area contributed by atoms with Crippen LogP contribution in [0.4, 0.5) is 0 Å². The second kappa shape index (κ2) is 5.98. The summed E-state index contributed by atoms with van der Waals surface area (Å²) in [5.74, 6) is -0.155. The molecule has 0 aliphatic heterocycles. The van der Waals surface area contributed by atoms with Gasteiger partial charge in [0.15, 0.2) is 11.6 Å². The predicted molar refractivity (Wildman–Crippen MR) is 99.7 cm³/mol. The van der Waals surface area contributed by atoms with Gasteiger partial charge in [0, 0.05) is 11.8 Å². The molecule has 3 N–H and O–H groups in total. The van der Waals surface area contributed by atoms with E-state index in [1.165, 1.54) is 5.57 Å². The molecule has 3 saturated carbocycles. The molecule has 150 valence electrons. The molecule has 4 aliphatic carbocycles. The van der Waals surface area contributed by atoms with E-state index in [0.29, 0.717) is 12.8 Å². The summed E-state index contributed by atoms with van der Waals surface area (Å²) in [5, 5.41) is 32.2. The quantitative estimate of drug-likeness (QED) is 0.685. The van der Waals surface area contributed by atoms with Crippen LogP contribution in [0.15, 0.2) is 11.6 Å². The second-order valence-electron chi connectivity index (χ2n) is 10.1. The third kappa shape index (κ3) is 2.28. The van der Waals surface area contributed by atoms with Gasteiger partial charge < -0.3 is 15.3 Å². The van der Waals surface area contributed by atoms with Crippen LogP contribution in [-0.2, 0) is 9.59 Å². The third-order valence-electron chi connectivity index (χ3n) is 9.05. The number of carbonyl (C=O) groups excluding carboxylic acids is 2. The van der Waals surface area contributed by atoms with E-state index in [2.05, 4.69) is 6.92 Å². The van der Waals surface area contributed by atoms with Crippen molar-refractivity contribution in [2.45, 2.75) is 71.0 Å². The van der Waals surface area contributed by atoms with Crippen molar-refractivity contribution >= 4 is 11.6 Å². The van der Waals surface area contributed by atoms with Crippen LogP contribution < -0.4 is 0 Å². The lowest BCUT2D eigenvalue weighted by Gasteiger charge is -2.60. The highest BCUT2D eigenvalue weighted by Crippen LogP contribution is 2.68. The summed E-state index contributed by atoms with van der Waals surface area (Å²) >= 11 is 0. The van der Waals surface area contributed by atoms with E-state index in [1.807, 2.05) is 19.9 Å². The average Bonchev–Trinajstić information content (AvgIpc) is 2.82. The Morgan fingerprint density at radius 3 is 2.67 bits per heavy atom. The molecule has 0 radical (unpaired) electrons. The van der Waals surface area contributed by atoms with Crippen LogP contribution in [0.25, 0.3) is 0 Å². The van der Waals surface area contributed by atoms with Crippen LogP contribution in [0.5, 0.6) is 0 Å². The molecule has 0 bridgehead atoms. The fourth-order valence-corrected chi connectivity index (χ4v) is 7.74. The van der Waals surface area contributed by atoms with Crippen LogP contribution in [0, 0.1) is 34.5 Å². The Kier molecular flexibility index (Phi) is 4.27. The Bertz CT molecular complexity index is 713. The first kappa shape index (κ1) is 19.3. The Morgan fingerprint density at radius 1 is 1.30 bits per heavy atom. The lowest BCUT2D eigenvalue weighted by molar-refractivity contribution is -0.187. The molecule has 5 heteroatoms. The Morgan fingerprint density at radius 2 is 2.00 bits per heavy atom. The van der Waals surface area contributed by atoms with Gasteiger partial charge in [-0.3, -0.25) is 9.59 Å². The van der Waals surface area contributed by atoms with Gasteiger partial charge in [0.05, 0.1) is 6.10 Å². The lowest BCUT2D eigenvalue weighted by Crippen LogP contribution is -2.63. The summed E-state index contributed by atoms with van der Waals surface area (Å²) in [6.45, 7) is 5.36. The van der Waals surface area contributed by atoms with Crippen molar-refractivity contribution in [3.05, 3.63) is 11.6 Å². The molecule has 0 aromatic rings. The van der Waals surface area contributed by atoms with Crippen LogP contribution >= 0.6 is 0 Å². The van der Waals surface area contributed by atoms with E-state index in [-0.39, 0.29) is 34.9 Å². The molecule has 0 spiro atoms. The van der Waals surface area contributed by atoms with Gasteiger partial charge in [-0.2, -0.15) is 0 Å². The number of hydrogen-bond donors (Lipinski definition) is 3. The van der Waals surface area contributed by atoms with Crippen molar-refractivity contribution in [1.29, 1.82) is 0 Å². The number of fused-ring (bicyclic) bond motifs is 5. The van der Waals surface area contributed by atoms with Gasteiger partial charge >= 0.3 is 0 Å². The lowest BCUT2D eigenvalue weighted by atomic mass is 9.45. The maximum atomic E-state index is 12.6. The summed E-state index contributed by atoms with van der Waals surface area (Å²) in [6.07, 6.45) is 5.32. The highest BCUT2D eigenvalue weighted by atomic mass is 16.3. The Balaban J connectivity index is 1.77. The van der Waals surface area contributed by atoms with Crippen LogP contribution in [0.2, 0.25) is 0 Å². The van der Waals surface area contributed by atoms with E-state index in [4.69, 9.17) is 0 Å². The highest BCUT2D eigenvalue weighted by Gasteiger charge is 2.70. The number of Topliss-reactive ketones (excluding diaryl/α,β-unsaturated/α-hetero) is 1. The van der Waals surface area contributed by atoms with Gasteiger partial charge in [-0.25, -0.2) is 0 Å². The molecule has 4 aliphatic rings. The van der Waals surface area contributed by atoms with E-state index >= 15 is 0 Å². The molecule has 0 aromatic heterocycles. The van der Waals surface area contributed by atoms with Gasteiger partial charge in [-0.15, -0.1) is 0 Å². The maximum absolute atomic E-state index is 12.6. The summed E-state index contributed by atoms with van der Waals surface area (Å²) in [4.78, 5) is 24.5. The number of ketones is 2.